The molecule has 8 heteroatoms. The van der Waals surface area contributed by atoms with E-state index in [9.17, 15) is 17.6 Å². The highest BCUT2D eigenvalue weighted by molar-refractivity contribution is 5.86. The zero-order chi connectivity index (χ0) is 23.7. The van der Waals surface area contributed by atoms with Gasteiger partial charge in [0.25, 0.3) is 0 Å². The maximum Gasteiger partial charge on any atom is 0.185 e. The van der Waals surface area contributed by atoms with E-state index in [-0.39, 0.29) is 11.1 Å². The number of rotatable bonds is 2. The minimum Gasteiger partial charge on any atom is -0.394 e. The lowest BCUT2D eigenvalue weighted by molar-refractivity contribution is 0.460. The first-order valence-electron chi connectivity index (χ1n) is 9.77. The van der Waals surface area contributed by atoms with Crippen molar-refractivity contribution in [1.29, 1.82) is 0 Å². The summed E-state index contributed by atoms with van der Waals surface area (Å²) in [5, 5.41) is 0. The van der Waals surface area contributed by atoms with Crippen molar-refractivity contribution in [2.24, 2.45) is 0 Å². The standard InChI is InChI=1S/C25H14F6N2/c26-17-9-15(19(28)21(30)23(17)32)25(16-10-18(27)24(33)22(31)20(16)29)13-7-3-1-5-11(13)12-6-2-4-8-14(12)25/h1-10H,32-33H2. The van der Waals surface area contributed by atoms with Gasteiger partial charge in [-0.25, -0.2) is 26.3 Å². The zero-order valence-electron chi connectivity index (χ0n) is 16.7. The SMILES string of the molecule is Nc1c(F)cc(C2(c3cc(F)c(N)c(F)c3F)c3ccccc3-c3ccccc32)c(F)c1F. The monoisotopic (exact) mass is 456 g/mol. The maximum absolute atomic E-state index is 15.5. The maximum atomic E-state index is 15.5. The number of nitrogens with two attached hydrogens (primary N) is 2. The van der Waals surface area contributed by atoms with E-state index in [4.69, 9.17) is 11.5 Å². The molecule has 0 unspecified atom stereocenters. The Balaban J connectivity index is 2.07. The summed E-state index contributed by atoms with van der Waals surface area (Å²) in [5.41, 5.74) is 6.28. The van der Waals surface area contributed by atoms with Gasteiger partial charge in [-0.15, -0.1) is 0 Å². The molecule has 0 aromatic heterocycles. The van der Waals surface area contributed by atoms with E-state index in [1.807, 2.05) is 0 Å². The lowest BCUT2D eigenvalue weighted by Gasteiger charge is -2.34. The van der Waals surface area contributed by atoms with Crippen LogP contribution in [0.1, 0.15) is 22.3 Å². The summed E-state index contributed by atoms with van der Waals surface area (Å²) in [4.78, 5) is 0. The van der Waals surface area contributed by atoms with E-state index in [0.717, 1.165) is 0 Å². The van der Waals surface area contributed by atoms with E-state index in [1.54, 1.807) is 36.4 Å². The first-order chi connectivity index (χ1) is 15.7. The Labute approximate surface area is 184 Å². The van der Waals surface area contributed by atoms with Crippen LogP contribution >= 0.6 is 0 Å². The quantitative estimate of drug-likeness (QED) is 0.193. The predicted octanol–water partition coefficient (Wildman–Crippen LogP) is 6.05. The van der Waals surface area contributed by atoms with Crippen molar-refractivity contribution in [3.05, 3.63) is 118 Å². The second kappa shape index (κ2) is 7.03. The summed E-state index contributed by atoms with van der Waals surface area (Å²) < 4.78 is 89.5. The van der Waals surface area contributed by atoms with Gasteiger partial charge in [0.15, 0.2) is 23.3 Å². The molecule has 4 aromatic rings. The number of fused-ring (bicyclic) bond motifs is 3. The van der Waals surface area contributed by atoms with Crippen LogP contribution in [0.3, 0.4) is 0 Å². The molecule has 0 saturated carbocycles. The van der Waals surface area contributed by atoms with Gasteiger partial charge in [-0.3, -0.25) is 0 Å². The molecule has 2 nitrogen and oxygen atoms in total. The topological polar surface area (TPSA) is 52.0 Å². The van der Waals surface area contributed by atoms with Crippen LogP contribution in [0.2, 0.25) is 0 Å². The van der Waals surface area contributed by atoms with Crippen LogP contribution in [0.4, 0.5) is 37.7 Å². The van der Waals surface area contributed by atoms with Gasteiger partial charge in [0.05, 0.1) is 5.41 Å². The highest BCUT2D eigenvalue weighted by atomic mass is 19.2. The minimum atomic E-state index is -2.15. The molecule has 1 aliphatic rings. The van der Waals surface area contributed by atoms with Crippen LogP contribution in [0.25, 0.3) is 11.1 Å². The second-order valence-corrected chi connectivity index (χ2v) is 7.74. The number of hydrogen-bond donors (Lipinski definition) is 2. The van der Waals surface area contributed by atoms with Gasteiger partial charge >= 0.3 is 0 Å². The molecule has 4 aromatic carbocycles. The molecule has 0 fully saturated rings. The zero-order valence-corrected chi connectivity index (χ0v) is 16.7. The minimum absolute atomic E-state index is 0.177. The smallest absolute Gasteiger partial charge is 0.185 e. The Morgan fingerprint density at radius 1 is 0.485 bits per heavy atom. The van der Waals surface area contributed by atoms with Crippen molar-refractivity contribution in [3.8, 4) is 11.1 Å². The van der Waals surface area contributed by atoms with Crippen molar-refractivity contribution >= 4 is 11.4 Å². The molecular formula is C25H14F6N2. The van der Waals surface area contributed by atoms with Crippen LogP contribution in [0, 0.1) is 34.9 Å². The van der Waals surface area contributed by atoms with Crippen LogP contribution in [-0.4, -0.2) is 0 Å². The van der Waals surface area contributed by atoms with E-state index in [2.05, 4.69) is 0 Å². The lowest BCUT2D eigenvalue weighted by atomic mass is 9.67. The fourth-order valence-electron chi connectivity index (χ4n) is 4.72. The Kier molecular flexibility index (Phi) is 4.46. The first kappa shape index (κ1) is 20.9. The average Bonchev–Trinajstić information content (AvgIpc) is 3.12. The summed E-state index contributed by atoms with van der Waals surface area (Å²) in [6.45, 7) is 0. The van der Waals surface area contributed by atoms with E-state index in [0.29, 0.717) is 23.3 Å². The normalized spacial score (nSPS) is 13.6. The third kappa shape index (κ3) is 2.57. The summed E-state index contributed by atoms with van der Waals surface area (Å²) >= 11 is 0. The summed E-state index contributed by atoms with van der Waals surface area (Å²) in [6.07, 6.45) is 0. The highest BCUT2D eigenvalue weighted by Gasteiger charge is 2.50. The molecule has 1 aliphatic carbocycles. The van der Waals surface area contributed by atoms with Gasteiger partial charge in [0.2, 0.25) is 0 Å². The first-order valence-corrected chi connectivity index (χ1v) is 9.77. The van der Waals surface area contributed by atoms with Gasteiger partial charge in [0, 0.05) is 11.1 Å². The fourth-order valence-corrected chi connectivity index (χ4v) is 4.72. The Morgan fingerprint density at radius 2 is 0.848 bits per heavy atom. The summed E-state index contributed by atoms with van der Waals surface area (Å²) in [6, 6.07) is 13.9. The van der Waals surface area contributed by atoms with E-state index >= 15 is 8.78 Å². The van der Waals surface area contributed by atoms with Crippen molar-refractivity contribution in [2.45, 2.75) is 5.41 Å². The van der Waals surface area contributed by atoms with Crippen LogP contribution in [-0.2, 0) is 5.41 Å². The molecule has 0 amide bonds. The van der Waals surface area contributed by atoms with E-state index < -0.39 is 62.8 Å². The molecule has 0 bridgehead atoms. The largest absolute Gasteiger partial charge is 0.394 e. The third-order valence-corrected chi connectivity index (χ3v) is 6.15. The molecule has 166 valence electrons. The Hall–Kier alpha value is -3.94. The molecule has 4 N–H and O–H groups in total. The van der Waals surface area contributed by atoms with Gasteiger partial charge in [0.1, 0.15) is 23.0 Å². The molecule has 0 spiro atoms. The Morgan fingerprint density at radius 3 is 1.24 bits per heavy atom. The van der Waals surface area contributed by atoms with Gasteiger partial charge in [-0.05, 0) is 34.4 Å². The van der Waals surface area contributed by atoms with Crippen LogP contribution in [0.15, 0.2) is 60.7 Å². The molecule has 33 heavy (non-hydrogen) atoms. The van der Waals surface area contributed by atoms with Crippen LogP contribution < -0.4 is 11.5 Å². The van der Waals surface area contributed by atoms with Crippen molar-refractivity contribution < 1.29 is 26.3 Å². The number of hydrogen-bond acceptors (Lipinski definition) is 2. The van der Waals surface area contributed by atoms with Gasteiger partial charge in [-0.2, -0.15) is 0 Å². The number of nitrogen functional groups attached to an aromatic ring is 2. The summed E-state index contributed by atoms with van der Waals surface area (Å²) in [5.74, 6) is -9.13. The fraction of sp³-hybridized carbons (Fsp3) is 0.0400. The summed E-state index contributed by atoms with van der Waals surface area (Å²) in [7, 11) is 0. The molecule has 5 rings (SSSR count). The molecular weight excluding hydrogens is 442 g/mol. The average molecular weight is 456 g/mol. The van der Waals surface area contributed by atoms with Gasteiger partial charge in [-0.1, -0.05) is 48.5 Å². The highest BCUT2D eigenvalue weighted by Crippen LogP contribution is 2.57. The second-order valence-electron chi connectivity index (χ2n) is 7.74. The lowest BCUT2D eigenvalue weighted by Crippen LogP contribution is -2.32. The number of anilines is 2. The molecule has 0 aliphatic heterocycles. The van der Waals surface area contributed by atoms with Crippen molar-refractivity contribution in [2.75, 3.05) is 11.5 Å². The van der Waals surface area contributed by atoms with Crippen molar-refractivity contribution in [3.63, 3.8) is 0 Å². The van der Waals surface area contributed by atoms with E-state index in [1.165, 1.54) is 12.1 Å². The van der Waals surface area contributed by atoms with Crippen LogP contribution in [0.5, 0.6) is 0 Å². The molecule has 0 saturated heterocycles. The predicted molar refractivity (Wildman–Crippen MR) is 112 cm³/mol. The van der Waals surface area contributed by atoms with Gasteiger partial charge < -0.3 is 11.5 Å². The third-order valence-electron chi connectivity index (χ3n) is 6.15. The number of benzene rings is 4. The molecule has 0 radical (unpaired) electrons. The number of halogens is 6. The molecule has 0 heterocycles. The van der Waals surface area contributed by atoms with Crippen molar-refractivity contribution in [1.82, 2.24) is 0 Å². The molecule has 0 atom stereocenters. The Bertz CT molecular complexity index is 1350.